The third kappa shape index (κ3) is 3.08. The van der Waals surface area contributed by atoms with Crippen LogP contribution in [0.15, 0.2) is 78.6 Å². The van der Waals surface area contributed by atoms with E-state index in [0.29, 0.717) is 16.0 Å². The van der Waals surface area contributed by atoms with Crippen LogP contribution in [0.4, 0.5) is 5.95 Å². The number of hydrogen-bond donors (Lipinski definition) is 1. The molecule has 32 heavy (non-hydrogen) atoms. The molecule has 2 atom stereocenters. The van der Waals surface area contributed by atoms with E-state index in [-0.39, 0.29) is 12.1 Å². The second-order valence-electron chi connectivity index (χ2n) is 7.99. The molecule has 0 saturated heterocycles. The molecule has 0 fully saturated rings. The molecule has 0 spiro atoms. The fourth-order valence-corrected chi connectivity index (χ4v) is 4.83. The van der Waals surface area contributed by atoms with Crippen molar-refractivity contribution in [1.29, 1.82) is 0 Å². The van der Waals surface area contributed by atoms with Gasteiger partial charge < -0.3 is 10.1 Å². The SMILES string of the molecule is Cc1ccc([C@@H]2C3=C(Nc4ncnn42)c2cc(Cl)ccc2O[C@@H]3c2cccc(Cl)c2)cc1. The average Bonchev–Trinajstić information content (AvgIpc) is 3.26. The van der Waals surface area contributed by atoms with E-state index in [1.54, 1.807) is 6.33 Å². The molecule has 2 aliphatic heterocycles. The summed E-state index contributed by atoms with van der Waals surface area (Å²) in [5, 5.41) is 9.33. The average molecular weight is 461 g/mol. The van der Waals surface area contributed by atoms with E-state index in [0.717, 1.165) is 33.7 Å². The highest BCUT2D eigenvalue weighted by Crippen LogP contribution is 2.51. The number of nitrogens with zero attached hydrogens (tertiary/aromatic N) is 3. The molecule has 0 aliphatic carbocycles. The summed E-state index contributed by atoms with van der Waals surface area (Å²) >= 11 is 12.7. The van der Waals surface area contributed by atoms with Gasteiger partial charge in [0.2, 0.25) is 5.95 Å². The molecule has 6 rings (SSSR count). The Balaban J connectivity index is 1.64. The van der Waals surface area contributed by atoms with Crippen molar-refractivity contribution >= 4 is 34.8 Å². The summed E-state index contributed by atoms with van der Waals surface area (Å²) in [4.78, 5) is 4.46. The van der Waals surface area contributed by atoms with E-state index in [9.17, 15) is 0 Å². The third-order valence-electron chi connectivity index (χ3n) is 5.92. The summed E-state index contributed by atoms with van der Waals surface area (Å²) in [5.74, 6) is 1.42. The molecular weight excluding hydrogens is 443 g/mol. The largest absolute Gasteiger partial charge is 0.480 e. The van der Waals surface area contributed by atoms with Crippen LogP contribution in [0.2, 0.25) is 10.0 Å². The molecule has 7 heteroatoms. The molecule has 158 valence electrons. The van der Waals surface area contributed by atoms with E-state index < -0.39 is 0 Å². The number of hydrogen-bond acceptors (Lipinski definition) is 4. The van der Waals surface area contributed by atoms with Gasteiger partial charge in [0.1, 0.15) is 24.2 Å². The number of aryl methyl sites for hydroxylation is 1. The lowest BCUT2D eigenvalue weighted by atomic mass is 9.84. The molecule has 5 nitrogen and oxygen atoms in total. The number of aromatic nitrogens is 3. The Labute approximate surface area is 195 Å². The predicted octanol–water partition coefficient (Wildman–Crippen LogP) is 6.45. The van der Waals surface area contributed by atoms with E-state index in [1.807, 2.05) is 47.1 Å². The van der Waals surface area contributed by atoms with Gasteiger partial charge in [-0.3, -0.25) is 0 Å². The summed E-state index contributed by atoms with van der Waals surface area (Å²) in [7, 11) is 0. The normalized spacial score (nSPS) is 18.8. The molecule has 1 aromatic heterocycles. The van der Waals surface area contributed by atoms with Crippen molar-refractivity contribution in [2.45, 2.75) is 19.1 Å². The fourth-order valence-electron chi connectivity index (χ4n) is 4.46. The van der Waals surface area contributed by atoms with Gasteiger partial charge in [-0.25, -0.2) is 4.68 Å². The van der Waals surface area contributed by atoms with Crippen LogP contribution in [0.1, 0.15) is 34.4 Å². The molecule has 3 heterocycles. The summed E-state index contributed by atoms with van der Waals surface area (Å²) in [5.41, 5.74) is 6.12. The number of nitrogens with one attached hydrogen (secondary N) is 1. The van der Waals surface area contributed by atoms with Gasteiger partial charge in [0.05, 0.1) is 5.70 Å². The minimum atomic E-state index is -0.367. The number of rotatable bonds is 2. The lowest BCUT2D eigenvalue weighted by Crippen LogP contribution is -2.32. The van der Waals surface area contributed by atoms with E-state index in [4.69, 9.17) is 27.9 Å². The third-order valence-corrected chi connectivity index (χ3v) is 6.39. The number of halogens is 2. The molecule has 0 saturated carbocycles. The summed E-state index contributed by atoms with van der Waals surface area (Å²) in [6, 6.07) is 21.7. The van der Waals surface area contributed by atoms with Crippen molar-refractivity contribution in [1.82, 2.24) is 14.8 Å². The minimum absolute atomic E-state index is 0.208. The molecule has 0 bridgehead atoms. The Morgan fingerprint density at radius 3 is 2.56 bits per heavy atom. The Morgan fingerprint density at radius 1 is 0.938 bits per heavy atom. The van der Waals surface area contributed by atoms with Gasteiger partial charge in [0.25, 0.3) is 0 Å². The predicted molar refractivity (Wildman–Crippen MR) is 126 cm³/mol. The van der Waals surface area contributed by atoms with Gasteiger partial charge in [-0.15, -0.1) is 0 Å². The lowest BCUT2D eigenvalue weighted by Gasteiger charge is -2.39. The Hall–Kier alpha value is -3.28. The number of benzene rings is 3. The van der Waals surface area contributed by atoms with Crippen molar-refractivity contribution < 1.29 is 4.74 Å². The van der Waals surface area contributed by atoms with Crippen LogP contribution in [0, 0.1) is 6.92 Å². The molecule has 0 unspecified atom stereocenters. The molecule has 0 amide bonds. The van der Waals surface area contributed by atoms with Gasteiger partial charge in [0.15, 0.2) is 0 Å². The maximum Gasteiger partial charge on any atom is 0.226 e. The number of anilines is 1. The first-order valence-corrected chi connectivity index (χ1v) is 11.0. The first-order valence-electron chi connectivity index (χ1n) is 10.3. The monoisotopic (exact) mass is 460 g/mol. The van der Waals surface area contributed by atoms with Gasteiger partial charge in [-0.1, -0.05) is 65.2 Å². The minimum Gasteiger partial charge on any atom is -0.480 e. The van der Waals surface area contributed by atoms with Gasteiger partial charge >= 0.3 is 0 Å². The molecule has 2 aliphatic rings. The summed E-state index contributed by atoms with van der Waals surface area (Å²) < 4.78 is 8.49. The van der Waals surface area contributed by atoms with Crippen molar-refractivity contribution in [3.8, 4) is 5.75 Å². The highest BCUT2D eigenvalue weighted by Gasteiger charge is 2.41. The highest BCUT2D eigenvalue weighted by molar-refractivity contribution is 6.31. The second kappa shape index (κ2) is 7.40. The first-order chi connectivity index (χ1) is 15.6. The quantitative estimate of drug-likeness (QED) is 0.373. The van der Waals surface area contributed by atoms with Crippen LogP contribution in [0.25, 0.3) is 5.70 Å². The molecular formula is C25H18Cl2N4O. The standard InChI is InChI=1S/C25H18Cl2N4O/c1-14-5-7-15(8-6-14)23-21-22(30-25-28-13-29-31(23)25)19-12-18(27)9-10-20(19)32-24(21)16-3-2-4-17(26)11-16/h2-13,23-24H,1H3,(H,28,29,30)/t23-,24-/m1/s1. The Morgan fingerprint density at radius 2 is 1.75 bits per heavy atom. The summed E-state index contributed by atoms with van der Waals surface area (Å²) in [6.07, 6.45) is 1.20. The van der Waals surface area contributed by atoms with Crippen molar-refractivity contribution in [2.75, 3.05) is 5.32 Å². The van der Waals surface area contributed by atoms with E-state index >= 15 is 0 Å². The van der Waals surface area contributed by atoms with Gasteiger partial charge in [-0.05, 0) is 48.4 Å². The molecule has 4 aromatic rings. The smallest absolute Gasteiger partial charge is 0.226 e. The van der Waals surface area contributed by atoms with Crippen LogP contribution >= 0.6 is 23.2 Å². The zero-order chi connectivity index (χ0) is 21.8. The van der Waals surface area contributed by atoms with Gasteiger partial charge in [0, 0.05) is 21.2 Å². The van der Waals surface area contributed by atoms with E-state index in [2.05, 4.69) is 46.6 Å². The number of fused-ring (bicyclic) bond motifs is 3. The molecule has 3 aromatic carbocycles. The zero-order valence-electron chi connectivity index (χ0n) is 17.1. The maximum absolute atomic E-state index is 6.59. The van der Waals surface area contributed by atoms with Crippen LogP contribution in [-0.4, -0.2) is 14.8 Å². The maximum atomic E-state index is 6.59. The highest BCUT2D eigenvalue weighted by atomic mass is 35.5. The topological polar surface area (TPSA) is 52.0 Å². The first kappa shape index (κ1) is 19.4. The summed E-state index contributed by atoms with van der Waals surface area (Å²) in [6.45, 7) is 2.08. The zero-order valence-corrected chi connectivity index (χ0v) is 18.6. The Kier molecular flexibility index (Phi) is 4.49. The van der Waals surface area contributed by atoms with Gasteiger partial charge in [-0.2, -0.15) is 10.1 Å². The van der Waals surface area contributed by atoms with Crippen molar-refractivity contribution in [2.24, 2.45) is 0 Å². The molecule has 1 N–H and O–H groups in total. The van der Waals surface area contributed by atoms with Crippen LogP contribution in [0.5, 0.6) is 5.75 Å². The van der Waals surface area contributed by atoms with Crippen LogP contribution in [-0.2, 0) is 0 Å². The fraction of sp³-hybridized carbons (Fsp3) is 0.120. The van der Waals surface area contributed by atoms with Crippen LogP contribution in [0.3, 0.4) is 0 Å². The second-order valence-corrected chi connectivity index (χ2v) is 8.86. The van der Waals surface area contributed by atoms with E-state index in [1.165, 1.54) is 5.56 Å². The van der Waals surface area contributed by atoms with Crippen molar-refractivity contribution in [3.63, 3.8) is 0 Å². The van der Waals surface area contributed by atoms with Crippen LogP contribution < -0.4 is 10.1 Å². The lowest BCUT2D eigenvalue weighted by molar-refractivity contribution is 0.223. The Bertz CT molecular complexity index is 1380. The molecule has 0 radical (unpaired) electrons. The van der Waals surface area contributed by atoms with Crippen molar-refractivity contribution in [3.05, 3.63) is 111 Å². The number of ether oxygens (including phenoxy) is 1.